The predicted molar refractivity (Wildman–Crippen MR) is 203 cm³/mol. The molecular weight excluding hydrogens is 720 g/mol. The molecule has 3 atom stereocenters. The van der Waals surface area contributed by atoms with Gasteiger partial charge in [-0.1, -0.05) is 53.7 Å². The van der Waals surface area contributed by atoms with Gasteiger partial charge < -0.3 is 29.3 Å². The van der Waals surface area contributed by atoms with Gasteiger partial charge in [0.15, 0.2) is 0 Å². The molecule has 4 aromatic carbocycles. The highest BCUT2D eigenvalue weighted by molar-refractivity contribution is 5.78. The third-order valence-corrected chi connectivity index (χ3v) is 9.82. The molecule has 0 aliphatic carbocycles. The van der Waals surface area contributed by atoms with Gasteiger partial charge in [-0.05, 0) is 72.7 Å². The monoisotopic (exact) mass is 762 g/mol. The molecule has 290 valence electrons. The van der Waals surface area contributed by atoms with E-state index in [1.165, 1.54) is 19.1 Å². The third kappa shape index (κ3) is 9.19. The van der Waals surface area contributed by atoms with Crippen molar-refractivity contribution in [3.63, 3.8) is 0 Å². The van der Waals surface area contributed by atoms with Crippen LogP contribution in [0.2, 0.25) is 0 Å². The Kier molecular flexibility index (Phi) is 12.4. The Morgan fingerprint density at radius 3 is 2.45 bits per heavy atom. The number of nitro benzene ring substituents is 1. The Morgan fingerprint density at radius 1 is 1.04 bits per heavy atom. The molecule has 0 amide bonds. The first-order valence-electron chi connectivity index (χ1n) is 18.0. The lowest BCUT2D eigenvalue weighted by Crippen LogP contribution is -2.44. The summed E-state index contributed by atoms with van der Waals surface area (Å²) in [6.07, 6.45) is -0.885. The molecule has 15 nitrogen and oxygen atoms in total. The Balaban J connectivity index is 1.26. The van der Waals surface area contributed by atoms with Crippen molar-refractivity contribution in [2.45, 2.75) is 71.7 Å². The fourth-order valence-corrected chi connectivity index (χ4v) is 6.73. The van der Waals surface area contributed by atoms with Crippen molar-refractivity contribution in [1.82, 2.24) is 20.4 Å². The zero-order chi connectivity index (χ0) is 39.9. The van der Waals surface area contributed by atoms with Crippen LogP contribution in [0.1, 0.15) is 52.6 Å². The van der Waals surface area contributed by atoms with Gasteiger partial charge in [0.05, 0.1) is 35.3 Å². The van der Waals surface area contributed by atoms with Crippen molar-refractivity contribution >= 4 is 11.7 Å². The number of carboxylic acid groups (broad SMARTS) is 1. The number of likely N-dealkylation sites (tertiary alicyclic amines) is 1. The summed E-state index contributed by atoms with van der Waals surface area (Å²) in [6.45, 7) is 6.85. The normalized spacial score (nSPS) is 15.2. The van der Waals surface area contributed by atoms with E-state index in [0.717, 1.165) is 39.9 Å². The molecule has 0 radical (unpaired) electrons. The van der Waals surface area contributed by atoms with E-state index in [1.807, 2.05) is 50.2 Å². The van der Waals surface area contributed by atoms with Gasteiger partial charge in [-0.15, -0.1) is 0 Å². The number of benzene rings is 4. The van der Waals surface area contributed by atoms with Crippen molar-refractivity contribution in [1.29, 1.82) is 5.26 Å². The SMILES string of the molecule is Cc1c(COc2cc(OCc3cccc(C#N)c3)c(CN[C@H](C(=O)O)C(C)O)cc2[N+](=O)[O-])cccc1-c1cccc(-c2noc(CN3CC[C@@H](O)C3)n2)c1C. The minimum Gasteiger partial charge on any atom is -0.488 e. The zero-order valence-corrected chi connectivity index (χ0v) is 31.1. The lowest BCUT2D eigenvalue weighted by atomic mass is 9.91. The molecule has 4 N–H and O–H groups in total. The molecule has 5 aromatic rings. The zero-order valence-electron chi connectivity index (χ0n) is 31.1. The Hall–Kier alpha value is -6.18. The van der Waals surface area contributed by atoms with E-state index in [4.69, 9.17) is 14.0 Å². The Bertz CT molecular complexity index is 2270. The second-order valence-corrected chi connectivity index (χ2v) is 13.8. The number of aliphatic hydroxyl groups is 2. The highest BCUT2D eigenvalue weighted by atomic mass is 16.6. The number of carbonyl (C=O) groups is 1. The molecule has 15 heteroatoms. The number of nitro groups is 1. The molecule has 0 spiro atoms. The third-order valence-electron chi connectivity index (χ3n) is 9.82. The van der Waals surface area contributed by atoms with Gasteiger partial charge in [0.25, 0.3) is 0 Å². The van der Waals surface area contributed by atoms with Crippen molar-refractivity contribution < 1.29 is 39.0 Å². The number of aliphatic carboxylic acids is 1. The van der Waals surface area contributed by atoms with Crippen LogP contribution in [0.3, 0.4) is 0 Å². The van der Waals surface area contributed by atoms with Gasteiger partial charge in [0.1, 0.15) is 25.0 Å². The summed E-state index contributed by atoms with van der Waals surface area (Å²) in [5, 5.41) is 58.1. The summed E-state index contributed by atoms with van der Waals surface area (Å²) in [4.78, 5) is 30.2. The van der Waals surface area contributed by atoms with E-state index in [1.54, 1.807) is 24.3 Å². The molecule has 0 bridgehead atoms. The molecule has 1 aromatic heterocycles. The first-order chi connectivity index (χ1) is 26.9. The van der Waals surface area contributed by atoms with E-state index in [2.05, 4.69) is 26.4 Å². The highest BCUT2D eigenvalue weighted by Gasteiger charge is 2.26. The molecule has 1 unspecified atom stereocenters. The minimum absolute atomic E-state index is 0.00581. The molecule has 56 heavy (non-hydrogen) atoms. The average Bonchev–Trinajstić information content (AvgIpc) is 3.82. The van der Waals surface area contributed by atoms with Crippen molar-refractivity contribution in [2.24, 2.45) is 0 Å². The van der Waals surface area contributed by atoms with Gasteiger partial charge in [0, 0.05) is 42.9 Å². The van der Waals surface area contributed by atoms with Gasteiger partial charge in [-0.3, -0.25) is 25.1 Å². The van der Waals surface area contributed by atoms with E-state index in [9.17, 15) is 35.5 Å². The first kappa shape index (κ1) is 39.5. The number of β-amino-alcohol motifs (C(OH)–C–C–N with tert-alkyl or cyclic N) is 1. The number of carboxylic acids is 1. The topological polar surface area (TPSA) is 217 Å². The second-order valence-electron chi connectivity index (χ2n) is 13.8. The number of nitriles is 1. The molecule has 1 aliphatic rings. The van der Waals surface area contributed by atoms with Crippen LogP contribution in [0.5, 0.6) is 11.5 Å². The van der Waals surface area contributed by atoms with Crippen LogP contribution in [0, 0.1) is 35.3 Å². The van der Waals surface area contributed by atoms with Gasteiger partial charge in [0.2, 0.25) is 17.5 Å². The number of hydrogen-bond acceptors (Lipinski definition) is 13. The number of ether oxygens (including phenoxy) is 2. The molecule has 2 heterocycles. The van der Waals surface area contributed by atoms with Crippen LogP contribution in [0.25, 0.3) is 22.5 Å². The summed E-state index contributed by atoms with van der Waals surface area (Å²) in [5.41, 5.74) is 6.28. The maximum atomic E-state index is 12.4. The lowest BCUT2D eigenvalue weighted by Gasteiger charge is -2.19. The van der Waals surface area contributed by atoms with Crippen molar-refractivity contribution in [2.75, 3.05) is 13.1 Å². The van der Waals surface area contributed by atoms with Gasteiger partial charge in [-0.25, -0.2) is 0 Å². The molecule has 1 aliphatic heterocycles. The minimum atomic E-state index is -1.34. The number of rotatable bonds is 16. The Labute approximate surface area is 322 Å². The van der Waals surface area contributed by atoms with Crippen molar-refractivity contribution in [3.05, 3.63) is 122 Å². The van der Waals surface area contributed by atoms with E-state index < -0.39 is 23.0 Å². The fourth-order valence-electron chi connectivity index (χ4n) is 6.73. The van der Waals surface area contributed by atoms with Crippen LogP contribution in [-0.2, 0) is 31.1 Å². The number of aromatic nitrogens is 2. The lowest BCUT2D eigenvalue weighted by molar-refractivity contribution is -0.386. The summed E-state index contributed by atoms with van der Waals surface area (Å²) >= 11 is 0. The van der Waals surface area contributed by atoms with Gasteiger partial charge in [-0.2, -0.15) is 10.2 Å². The highest BCUT2D eigenvalue weighted by Crippen LogP contribution is 2.38. The van der Waals surface area contributed by atoms with E-state index in [-0.39, 0.29) is 48.6 Å². The summed E-state index contributed by atoms with van der Waals surface area (Å²) in [5.74, 6) is -0.232. The molecule has 1 fully saturated rings. The number of hydrogen-bond donors (Lipinski definition) is 4. The van der Waals surface area contributed by atoms with Crippen molar-refractivity contribution in [3.8, 4) is 40.1 Å². The number of nitrogens with one attached hydrogen (secondary N) is 1. The predicted octanol–water partition coefficient (Wildman–Crippen LogP) is 5.45. The Morgan fingerprint density at radius 2 is 1.75 bits per heavy atom. The second kappa shape index (κ2) is 17.5. The molecule has 6 rings (SSSR count). The van der Waals surface area contributed by atoms with Crippen LogP contribution in [-0.4, -0.2) is 72.6 Å². The van der Waals surface area contributed by atoms with E-state index >= 15 is 0 Å². The first-order valence-corrected chi connectivity index (χ1v) is 18.0. The average molecular weight is 763 g/mol. The fraction of sp³-hybridized carbons (Fsp3) is 0.317. The van der Waals surface area contributed by atoms with Crippen LogP contribution < -0.4 is 14.8 Å². The summed E-state index contributed by atoms with van der Waals surface area (Å²) < 4.78 is 17.8. The molecular formula is C41H42N6O9. The van der Waals surface area contributed by atoms with Gasteiger partial charge >= 0.3 is 11.7 Å². The summed E-state index contributed by atoms with van der Waals surface area (Å²) in [7, 11) is 0. The van der Waals surface area contributed by atoms with Crippen LogP contribution in [0.15, 0.2) is 77.3 Å². The summed E-state index contributed by atoms with van der Waals surface area (Å²) in [6, 6.07) is 21.8. The van der Waals surface area contributed by atoms with Crippen LogP contribution >= 0.6 is 0 Å². The molecule has 0 saturated carbocycles. The number of aliphatic hydroxyl groups excluding tert-OH is 2. The standard InChI is InChI=1S/C41H42N6O9/c1-24-29(9-5-10-32(24)33-11-6-12-34(25(33)2)40-44-38(56-45-40)21-46-14-13-31(49)20-46)23-55-37-17-36(54-22-28-8-4-7-27(15-28)18-42)30(16-35(37)47(52)53)19-43-39(26(3)48)41(50)51/h4-12,15-17,26,31,39,43,48-49H,13-14,19-23H2,1-3H3,(H,50,51)/t26?,31-,39+/m1/s1. The maximum Gasteiger partial charge on any atom is 0.323 e. The quantitative estimate of drug-likeness (QED) is 0.0727. The maximum absolute atomic E-state index is 12.4. The largest absolute Gasteiger partial charge is 0.488 e. The smallest absolute Gasteiger partial charge is 0.323 e. The van der Waals surface area contributed by atoms with Crippen LogP contribution in [0.4, 0.5) is 5.69 Å². The molecule has 1 saturated heterocycles. The van der Waals surface area contributed by atoms with E-state index in [0.29, 0.717) is 42.4 Å². The number of nitrogens with zero attached hydrogens (tertiary/aromatic N) is 5.